The molecule has 1 aliphatic heterocycles. The second-order valence-electron chi connectivity index (χ2n) is 6.84. The average molecular weight is 582 g/mol. The Bertz CT molecular complexity index is 1210. The summed E-state index contributed by atoms with van der Waals surface area (Å²) in [4.78, 5) is 41.3. The fourth-order valence-corrected chi connectivity index (χ4v) is 4.74. The number of likely N-dealkylation sites (N-methyl/N-ethyl adjacent to an activating group) is 1. The van der Waals surface area contributed by atoms with Gasteiger partial charge < -0.3 is 19.7 Å². The number of hydrogen-bond acceptors (Lipinski definition) is 7. The topological polar surface area (TPSA) is 126 Å². The molecule has 0 radical (unpaired) electrons. The standard InChI is InChI=1S/C22H19IN2O7S/c1-11-13(21(29)30)5-4-6-15(11)24-22-25(2)20(28)17(33-22)9-12-7-14(23)19(16(8-12)31-3)32-10-18(26)27/h4-9H,10H2,1-3H3,(H,26,27)(H,29,30)/b17-9-,24-22?. The van der Waals surface area contributed by atoms with Crippen molar-refractivity contribution < 1.29 is 34.1 Å². The lowest BCUT2D eigenvalue weighted by Crippen LogP contribution is -2.23. The van der Waals surface area contributed by atoms with Gasteiger partial charge in [0.1, 0.15) is 0 Å². The molecular weight excluding hydrogens is 563 g/mol. The minimum atomic E-state index is -1.11. The smallest absolute Gasteiger partial charge is 0.341 e. The summed E-state index contributed by atoms with van der Waals surface area (Å²) in [6, 6.07) is 8.20. The van der Waals surface area contributed by atoms with E-state index >= 15 is 0 Å². The van der Waals surface area contributed by atoms with Crippen molar-refractivity contribution >= 4 is 69.1 Å². The van der Waals surface area contributed by atoms with Crippen molar-refractivity contribution in [1.29, 1.82) is 0 Å². The lowest BCUT2D eigenvalue weighted by Gasteiger charge is -2.12. The number of nitrogens with zero attached hydrogens (tertiary/aromatic N) is 2. The van der Waals surface area contributed by atoms with Gasteiger partial charge in [-0.3, -0.25) is 9.69 Å². The van der Waals surface area contributed by atoms with E-state index in [-0.39, 0.29) is 11.5 Å². The van der Waals surface area contributed by atoms with Crippen LogP contribution in [0.15, 0.2) is 40.2 Å². The molecule has 172 valence electrons. The van der Waals surface area contributed by atoms with Crippen molar-refractivity contribution in [3.63, 3.8) is 0 Å². The van der Waals surface area contributed by atoms with Gasteiger partial charge in [-0.05, 0) is 82.7 Å². The van der Waals surface area contributed by atoms with Crippen LogP contribution in [0.5, 0.6) is 11.5 Å². The molecule has 0 atom stereocenters. The molecule has 0 unspecified atom stereocenters. The lowest BCUT2D eigenvalue weighted by molar-refractivity contribution is -0.139. The van der Waals surface area contributed by atoms with Gasteiger partial charge >= 0.3 is 11.9 Å². The first kappa shape index (κ1) is 24.6. The van der Waals surface area contributed by atoms with Gasteiger partial charge in [0, 0.05) is 7.05 Å². The zero-order valence-electron chi connectivity index (χ0n) is 17.8. The van der Waals surface area contributed by atoms with Gasteiger partial charge in [0.15, 0.2) is 23.3 Å². The number of aromatic carboxylic acids is 1. The van der Waals surface area contributed by atoms with Crippen molar-refractivity contribution in [2.24, 2.45) is 4.99 Å². The molecule has 0 spiro atoms. The number of methoxy groups -OCH3 is 1. The van der Waals surface area contributed by atoms with E-state index in [1.807, 2.05) is 22.6 Å². The number of carbonyl (C=O) groups excluding carboxylic acids is 1. The highest BCUT2D eigenvalue weighted by molar-refractivity contribution is 14.1. The van der Waals surface area contributed by atoms with E-state index in [4.69, 9.17) is 14.6 Å². The average Bonchev–Trinajstić information content (AvgIpc) is 3.01. The maximum absolute atomic E-state index is 12.8. The first-order valence-electron chi connectivity index (χ1n) is 9.43. The van der Waals surface area contributed by atoms with E-state index in [0.717, 1.165) is 0 Å². The first-order chi connectivity index (χ1) is 15.6. The molecule has 3 rings (SSSR count). The number of halogens is 1. The summed E-state index contributed by atoms with van der Waals surface area (Å²) in [6.45, 7) is 1.16. The number of carboxylic acids is 2. The third-order valence-electron chi connectivity index (χ3n) is 4.64. The third kappa shape index (κ3) is 5.47. The van der Waals surface area contributed by atoms with E-state index in [1.165, 1.54) is 29.8 Å². The number of amidine groups is 1. The Morgan fingerprint density at radius 2 is 2.00 bits per heavy atom. The van der Waals surface area contributed by atoms with Crippen molar-refractivity contribution in [3.05, 3.63) is 55.5 Å². The van der Waals surface area contributed by atoms with Crippen LogP contribution in [-0.2, 0) is 9.59 Å². The fraction of sp³-hybridized carbons (Fsp3) is 0.182. The Labute approximate surface area is 207 Å². The van der Waals surface area contributed by atoms with Crippen molar-refractivity contribution in [1.82, 2.24) is 4.90 Å². The number of carbonyl (C=O) groups is 3. The van der Waals surface area contributed by atoms with Crippen LogP contribution in [-0.4, -0.2) is 58.9 Å². The number of rotatable bonds is 7. The number of carboxylic acid groups (broad SMARTS) is 2. The normalized spacial score (nSPS) is 15.9. The quantitative estimate of drug-likeness (QED) is 0.371. The molecule has 33 heavy (non-hydrogen) atoms. The molecule has 0 saturated carbocycles. The SMILES string of the molecule is COc1cc(/C=C2\SC(=Nc3cccc(C(=O)O)c3C)N(C)C2=O)cc(I)c1OCC(=O)O. The molecular formula is C22H19IN2O7S. The van der Waals surface area contributed by atoms with Gasteiger partial charge in [-0.25, -0.2) is 14.6 Å². The van der Waals surface area contributed by atoms with Crippen molar-refractivity contribution in [2.75, 3.05) is 20.8 Å². The first-order valence-corrected chi connectivity index (χ1v) is 11.3. The number of aliphatic imine (C=N–C) groups is 1. The van der Waals surface area contributed by atoms with Crippen LogP contribution in [0.2, 0.25) is 0 Å². The number of hydrogen-bond donors (Lipinski definition) is 2. The third-order valence-corrected chi connectivity index (χ3v) is 6.51. The predicted octanol–water partition coefficient (Wildman–Crippen LogP) is 4.00. The van der Waals surface area contributed by atoms with E-state index in [1.54, 1.807) is 44.3 Å². The van der Waals surface area contributed by atoms with Crippen molar-refractivity contribution in [2.45, 2.75) is 6.92 Å². The van der Waals surface area contributed by atoms with Gasteiger partial charge in [0.2, 0.25) is 0 Å². The minimum absolute atomic E-state index is 0.150. The van der Waals surface area contributed by atoms with Crippen LogP contribution >= 0.6 is 34.4 Å². The molecule has 1 saturated heterocycles. The zero-order chi connectivity index (χ0) is 24.3. The van der Waals surface area contributed by atoms with Crippen LogP contribution < -0.4 is 9.47 Å². The number of amides is 1. The van der Waals surface area contributed by atoms with Gasteiger partial charge in [0.05, 0.1) is 26.8 Å². The molecule has 0 aromatic heterocycles. The Morgan fingerprint density at radius 3 is 2.64 bits per heavy atom. The second-order valence-corrected chi connectivity index (χ2v) is 9.01. The van der Waals surface area contributed by atoms with Crippen LogP contribution in [0.3, 0.4) is 0 Å². The van der Waals surface area contributed by atoms with Crippen LogP contribution in [0.4, 0.5) is 5.69 Å². The Balaban J connectivity index is 1.94. The van der Waals surface area contributed by atoms with Gasteiger partial charge in [-0.2, -0.15) is 0 Å². The molecule has 1 amide bonds. The zero-order valence-corrected chi connectivity index (χ0v) is 20.8. The molecule has 2 N–H and O–H groups in total. The summed E-state index contributed by atoms with van der Waals surface area (Å²) in [5.41, 5.74) is 1.78. The maximum Gasteiger partial charge on any atom is 0.341 e. The lowest BCUT2D eigenvalue weighted by atomic mass is 10.1. The summed E-state index contributed by atoms with van der Waals surface area (Å²) in [5, 5.41) is 18.6. The van der Waals surface area contributed by atoms with Crippen LogP contribution in [0.25, 0.3) is 6.08 Å². The summed E-state index contributed by atoms with van der Waals surface area (Å²) < 4.78 is 11.3. The van der Waals surface area contributed by atoms with Crippen molar-refractivity contribution in [3.8, 4) is 11.5 Å². The van der Waals surface area contributed by atoms with Crippen LogP contribution in [0.1, 0.15) is 21.5 Å². The highest BCUT2D eigenvalue weighted by Gasteiger charge is 2.31. The molecule has 1 heterocycles. The van der Waals surface area contributed by atoms with Gasteiger partial charge in [0.25, 0.3) is 5.91 Å². The maximum atomic E-state index is 12.8. The van der Waals surface area contributed by atoms with E-state index in [9.17, 15) is 19.5 Å². The molecule has 1 aliphatic rings. The Morgan fingerprint density at radius 1 is 1.27 bits per heavy atom. The summed E-state index contributed by atoms with van der Waals surface area (Å²) in [7, 11) is 3.04. The van der Waals surface area contributed by atoms with Crippen LogP contribution in [0, 0.1) is 10.5 Å². The summed E-state index contributed by atoms with van der Waals surface area (Å²) >= 11 is 3.17. The van der Waals surface area contributed by atoms with E-state index in [2.05, 4.69) is 4.99 Å². The highest BCUT2D eigenvalue weighted by Crippen LogP contribution is 2.38. The van der Waals surface area contributed by atoms with E-state index in [0.29, 0.717) is 42.0 Å². The van der Waals surface area contributed by atoms with Gasteiger partial charge in [-0.15, -0.1) is 0 Å². The summed E-state index contributed by atoms with van der Waals surface area (Å²) in [6.07, 6.45) is 1.68. The minimum Gasteiger partial charge on any atom is -0.493 e. The monoisotopic (exact) mass is 582 g/mol. The highest BCUT2D eigenvalue weighted by atomic mass is 127. The Hall–Kier alpha value is -3.06. The Kier molecular flexibility index (Phi) is 7.64. The van der Waals surface area contributed by atoms with E-state index < -0.39 is 18.5 Å². The molecule has 2 aromatic rings. The number of ether oxygens (including phenoxy) is 2. The number of aliphatic carboxylic acids is 1. The number of thioether (sulfide) groups is 1. The number of benzene rings is 2. The second kappa shape index (κ2) is 10.3. The molecule has 1 fully saturated rings. The van der Waals surface area contributed by atoms with Gasteiger partial charge in [-0.1, -0.05) is 6.07 Å². The fourth-order valence-electron chi connectivity index (χ4n) is 2.98. The molecule has 0 aliphatic carbocycles. The summed E-state index contributed by atoms with van der Waals surface area (Å²) in [5.74, 6) is -1.76. The molecule has 2 aromatic carbocycles. The molecule has 11 heteroatoms. The largest absolute Gasteiger partial charge is 0.493 e. The molecule has 9 nitrogen and oxygen atoms in total. The predicted molar refractivity (Wildman–Crippen MR) is 132 cm³/mol. The molecule has 0 bridgehead atoms.